The minimum absolute atomic E-state index is 0.163. The Morgan fingerprint density at radius 1 is 1.03 bits per heavy atom. The molecule has 1 aliphatic heterocycles. The zero-order chi connectivity index (χ0) is 25.0. The van der Waals surface area contributed by atoms with Gasteiger partial charge in [0.1, 0.15) is 5.82 Å². The molecule has 0 spiro atoms. The van der Waals surface area contributed by atoms with Gasteiger partial charge in [0, 0.05) is 45.6 Å². The van der Waals surface area contributed by atoms with E-state index in [1.807, 2.05) is 37.8 Å². The number of aromatic nitrogens is 2. The Hall–Kier alpha value is -2.71. The molecule has 0 atom stereocenters. The van der Waals surface area contributed by atoms with Crippen molar-refractivity contribution >= 4 is 27.0 Å². The second kappa shape index (κ2) is 10.9. The van der Waals surface area contributed by atoms with Gasteiger partial charge in [-0.1, -0.05) is 44.2 Å². The molecule has 0 aliphatic carbocycles. The number of nitrogens with zero attached hydrogens (tertiary/aromatic N) is 4. The molecule has 0 unspecified atom stereocenters. The highest BCUT2D eigenvalue weighted by molar-refractivity contribution is 7.89. The summed E-state index contributed by atoms with van der Waals surface area (Å²) in [5, 5.41) is 0. The molecule has 0 bridgehead atoms. The quantitative estimate of drug-likeness (QED) is 0.439. The van der Waals surface area contributed by atoms with Crippen molar-refractivity contribution in [2.75, 3.05) is 26.2 Å². The predicted octanol–water partition coefficient (Wildman–Crippen LogP) is 4.43. The number of amides is 1. The Labute approximate surface area is 208 Å². The fourth-order valence-corrected chi connectivity index (χ4v) is 6.62. The van der Waals surface area contributed by atoms with Crippen LogP contribution in [-0.4, -0.2) is 59.3 Å². The molecule has 7 nitrogen and oxygen atoms in total. The van der Waals surface area contributed by atoms with Crippen molar-refractivity contribution in [3.8, 4) is 0 Å². The van der Waals surface area contributed by atoms with Gasteiger partial charge in [-0.05, 0) is 49.4 Å². The van der Waals surface area contributed by atoms with Crippen LogP contribution in [-0.2, 0) is 27.8 Å². The lowest BCUT2D eigenvalue weighted by Gasteiger charge is -2.32. The standard InChI is InChI=1S/C27H36N4O3S/c1-4-30(5-2)35(33,34)23-12-13-25-24(20-23)28-26(31(25)6-3)14-15-27(32)29-18-16-22(17-19-29)21-10-8-7-9-11-21/h7-13,20,22H,4-6,14-19H2,1-3H3. The van der Waals surface area contributed by atoms with E-state index in [9.17, 15) is 13.2 Å². The minimum atomic E-state index is -3.54. The van der Waals surface area contributed by atoms with E-state index in [1.165, 1.54) is 9.87 Å². The summed E-state index contributed by atoms with van der Waals surface area (Å²) in [5.41, 5.74) is 2.92. The Morgan fingerprint density at radius 3 is 2.34 bits per heavy atom. The number of benzene rings is 2. The molecule has 2 heterocycles. The van der Waals surface area contributed by atoms with Crippen molar-refractivity contribution in [2.24, 2.45) is 0 Å². The number of hydrogen-bond donors (Lipinski definition) is 0. The molecule has 4 rings (SSSR count). The zero-order valence-electron chi connectivity index (χ0n) is 21.0. The van der Waals surface area contributed by atoms with Crippen LogP contribution in [0.2, 0.25) is 0 Å². The second-order valence-electron chi connectivity index (χ2n) is 9.08. The molecule has 1 aromatic heterocycles. The number of carbonyl (C=O) groups is 1. The topological polar surface area (TPSA) is 75.5 Å². The molecule has 1 saturated heterocycles. The van der Waals surface area contributed by atoms with Gasteiger partial charge in [-0.3, -0.25) is 4.79 Å². The average molecular weight is 497 g/mol. The number of carbonyl (C=O) groups excluding carboxylic acids is 1. The summed E-state index contributed by atoms with van der Waals surface area (Å²) in [4.78, 5) is 19.9. The number of fused-ring (bicyclic) bond motifs is 1. The number of imidazole rings is 1. The van der Waals surface area contributed by atoms with E-state index < -0.39 is 10.0 Å². The number of likely N-dealkylation sites (tertiary alicyclic amines) is 1. The fraction of sp³-hybridized carbons (Fsp3) is 0.481. The van der Waals surface area contributed by atoms with E-state index in [0.717, 1.165) is 37.3 Å². The molecule has 1 amide bonds. The molecule has 0 saturated carbocycles. The van der Waals surface area contributed by atoms with Gasteiger partial charge < -0.3 is 9.47 Å². The van der Waals surface area contributed by atoms with Gasteiger partial charge in [-0.25, -0.2) is 13.4 Å². The third-order valence-corrected chi connectivity index (χ3v) is 9.19. The number of sulfonamides is 1. The van der Waals surface area contributed by atoms with Crippen LogP contribution in [0.5, 0.6) is 0 Å². The summed E-state index contributed by atoms with van der Waals surface area (Å²) in [6.07, 6.45) is 2.93. The van der Waals surface area contributed by atoms with Crippen molar-refractivity contribution in [2.45, 2.75) is 63.8 Å². The van der Waals surface area contributed by atoms with Crippen molar-refractivity contribution in [1.29, 1.82) is 0 Å². The van der Waals surface area contributed by atoms with E-state index in [-0.39, 0.29) is 10.8 Å². The molecule has 8 heteroatoms. The van der Waals surface area contributed by atoms with Gasteiger partial charge >= 0.3 is 0 Å². The Kier molecular flexibility index (Phi) is 7.91. The predicted molar refractivity (Wildman–Crippen MR) is 139 cm³/mol. The smallest absolute Gasteiger partial charge is 0.243 e. The van der Waals surface area contributed by atoms with Crippen molar-refractivity contribution < 1.29 is 13.2 Å². The van der Waals surface area contributed by atoms with Crippen LogP contribution >= 0.6 is 0 Å². The molecular weight excluding hydrogens is 460 g/mol. The second-order valence-corrected chi connectivity index (χ2v) is 11.0. The van der Waals surface area contributed by atoms with E-state index in [2.05, 4.69) is 28.8 Å². The summed E-state index contributed by atoms with van der Waals surface area (Å²) >= 11 is 0. The lowest BCUT2D eigenvalue weighted by atomic mass is 9.89. The van der Waals surface area contributed by atoms with Crippen LogP contribution in [0.4, 0.5) is 0 Å². The van der Waals surface area contributed by atoms with Crippen molar-refractivity contribution in [3.63, 3.8) is 0 Å². The number of aryl methyl sites for hydroxylation is 2. The number of hydrogen-bond acceptors (Lipinski definition) is 4. The van der Waals surface area contributed by atoms with Crippen molar-refractivity contribution in [1.82, 2.24) is 18.8 Å². The summed E-state index contributed by atoms with van der Waals surface area (Å²) in [7, 11) is -3.54. The van der Waals surface area contributed by atoms with Crippen LogP contribution in [0, 0.1) is 0 Å². The lowest BCUT2D eigenvalue weighted by Crippen LogP contribution is -2.38. The first-order valence-electron chi connectivity index (χ1n) is 12.7. The molecule has 188 valence electrons. The average Bonchev–Trinajstić information content (AvgIpc) is 3.25. The van der Waals surface area contributed by atoms with Gasteiger partial charge in [0.2, 0.25) is 15.9 Å². The van der Waals surface area contributed by atoms with Crippen LogP contribution in [0.25, 0.3) is 11.0 Å². The SMILES string of the molecule is CCN(CC)S(=O)(=O)c1ccc2c(c1)nc(CCC(=O)N1CCC(c3ccccc3)CC1)n2CC. The monoisotopic (exact) mass is 496 g/mol. The van der Waals surface area contributed by atoms with E-state index in [1.54, 1.807) is 12.1 Å². The lowest BCUT2D eigenvalue weighted by molar-refractivity contribution is -0.132. The molecule has 35 heavy (non-hydrogen) atoms. The van der Waals surface area contributed by atoms with Crippen LogP contribution in [0.1, 0.15) is 57.3 Å². The van der Waals surface area contributed by atoms with Crippen LogP contribution < -0.4 is 0 Å². The summed E-state index contributed by atoms with van der Waals surface area (Å²) in [6.45, 7) is 8.86. The normalized spacial score (nSPS) is 15.3. The number of rotatable bonds is 9. The Morgan fingerprint density at radius 2 is 1.71 bits per heavy atom. The summed E-state index contributed by atoms with van der Waals surface area (Å²) < 4.78 is 29.4. The Balaban J connectivity index is 1.44. The summed E-state index contributed by atoms with van der Waals surface area (Å²) in [6, 6.07) is 15.7. The molecule has 2 aromatic carbocycles. The first kappa shape index (κ1) is 25.4. The van der Waals surface area contributed by atoms with Gasteiger partial charge in [-0.15, -0.1) is 0 Å². The Bertz CT molecular complexity index is 1260. The number of piperidine rings is 1. The van der Waals surface area contributed by atoms with E-state index in [4.69, 9.17) is 4.98 Å². The van der Waals surface area contributed by atoms with Crippen molar-refractivity contribution in [3.05, 3.63) is 59.9 Å². The maximum atomic E-state index is 13.0. The van der Waals surface area contributed by atoms with Gasteiger partial charge in [0.25, 0.3) is 0 Å². The maximum Gasteiger partial charge on any atom is 0.243 e. The zero-order valence-corrected chi connectivity index (χ0v) is 21.8. The van der Waals surface area contributed by atoms with Gasteiger partial charge in [0.15, 0.2) is 0 Å². The van der Waals surface area contributed by atoms with E-state index in [0.29, 0.717) is 43.9 Å². The van der Waals surface area contributed by atoms with Crippen LogP contribution in [0.15, 0.2) is 53.4 Å². The largest absolute Gasteiger partial charge is 0.343 e. The highest BCUT2D eigenvalue weighted by atomic mass is 32.2. The minimum Gasteiger partial charge on any atom is -0.343 e. The third kappa shape index (κ3) is 5.28. The molecular formula is C27H36N4O3S. The first-order chi connectivity index (χ1) is 16.9. The highest BCUT2D eigenvalue weighted by Gasteiger charge is 2.25. The third-order valence-electron chi connectivity index (χ3n) is 7.14. The molecule has 1 aliphatic rings. The molecule has 1 fully saturated rings. The van der Waals surface area contributed by atoms with E-state index >= 15 is 0 Å². The maximum absolute atomic E-state index is 13.0. The molecule has 0 radical (unpaired) electrons. The van der Waals surface area contributed by atoms with Crippen LogP contribution in [0.3, 0.4) is 0 Å². The molecule has 0 N–H and O–H groups in total. The summed E-state index contributed by atoms with van der Waals surface area (Å²) in [5.74, 6) is 1.51. The van der Waals surface area contributed by atoms with Gasteiger partial charge in [-0.2, -0.15) is 4.31 Å². The first-order valence-corrected chi connectivity index (χ1v) is 14.1. The fourth-order valence-electron chi connectivity index (χ4n) is 5.14. The van der Waals surface area contributed by atoms with Gasteiger partial charge in [0.05, 0.1) is 15.9 Å². The highest BCUT2D eigenvalue weighted by Crippen LogP contribution is 2.28. The molecule has 3 aromatic rings.